The molecule has 4 heteroatoms. The number of amides is 2. The van der Waals surface area contributed by atoms with Crippen molar-refractivity contribution in [2.45, 2.75) is 38.6 Å². The zero-order chi connectivity index (χ0) is 14.9. The standard InChI is InChI=1S/C17H24N2O2/c1-12-6-7-13-4-2-3-5-14(13)15(12)19-16(21)18-10-17(11-20)8-9-17/h2-5,12,15,20H,6-11H2,1H3,(H2,18,19,21). The first-order valence-corrected chi connectivity index (χ1v) is 7.87. The number of aliphatic hydroxyl groups excluding tert-OH is 1. The minimum absolute atomic E-state index is 0.0482. The fourth-order valence-corrected chi connectivity index (χ4v) is 3.17. The molecule has 3 rings (SSSR count). The second-order valence-corrected chi connectivity index (χ2v) is 6.68. The highest BCUT2D eigenvalue weighted by molar-refractivity contribution is 5.74. The molecular weight excluding hydrogens is 264 g/mol. The first-order chi connectivity index (χ1) is 10.1. The summed E-state index contributed by atoms with van der Waals surface area (Å²) < 4.78 is 0. The third-order valence-electron chi connectivity index (χ3n) is 5.03. The Kier molecular flexibility index (Phi) is 3.89. The maximum atomic E-state index is 12.2. The van der Waals surface area contributed by atoms with Crippen LogP contribution in [0.3, 0.4) is 0 Å². The SMILES string of the molecule is CC1CCc2ccccc2C1NC(=O)NCC1(CO)CC1. The van der Waals surface area contributed by atoms with E-state index in [0.717, 1.165) is 25.7 Å². The van der Waals surface area contributed by atoms with Gasteiger partial charge in [-0.15, -0.1) is 0 Å². The highest BCUT2D eigenvalue weighted by Crippen LogP contribution is 2.44. The number of carbonyl (C=O) groups excluding carboxylic acids is 1. The van der Waals surface area contributed by atoms with Crippen molar-refractivity contribution in [3.63, 3.8) is 0 Å². The van der Waals surface area contributed by atoms with Gasteiger partial charge in [0.05, 0.1) is 12.6 Å². The Bertz CT molecular complexity index is 525. The summed E-state index contributed by atoms with van der Waals surface area (Å²) in [6.07, 6.45) is 4.20. The van der Waals surface area contributed by atoms with Crippen molar-refractivity contribution < 1.29 is 9.90 Å². The second kappa shape index (κ2) is 5.68. The molecule has 4 nitrogen and oxygen atoms in total. The maximum Gasteiger partial charge on any atom is 0.315 e. The Morgan fingerprint density at radius 1 is 1.38 bits per heavy atom. The number of aryl methyl sites for hydroxylation is 1. The number of carbonyl (C=O) groups is 1. The van der Waals surface area contributed by atoms with Gasteiger partial charge in [-0.2, -0.15) is 0 Å². The smallest absolute Gasteiger partial charge is 0.315 e. The molecule has 21 heavy (non-hydrogen) atoms. The molecule has 114 valence electrons. The zero-order valence-corrected chi connectivity index (χ0v) is 12.6. The summed E-state index contributed by atoms with van der Waals surface area (Å²) in [7, 11) is 0. The van der Waals surface area contributed by atoms with Crippen LogP contribution in [0, 0.1) is 11.3 Å². The monoisotopic (exact) mass is 288 g/mol. The summed E-state index contributed by atoms with van der Waals surface area (Å²) in [6.45, 7) is 2.92. The summed E-state index contributed by atoms with van der Waals surface area (Å²) in [5.74, 6) is 0.443. The summed E-state index contributed by atoms with van der Waals surface area (Å²) in [4.78, 5) is 12.2. The molecule has 0 spiro atoms. The average Bonchev–Trinajstić information content (AvgIpc) is 3.29. The van der Waals surface area contributed by atoms with E-state index in [2.05, 4.69) is 35.8 Å². The lowest BCUT2D eigenvalue weighted by Crippen LogP contribution is -2.43. The largest absolute Gasteiger partial charge is 0.396 e. The molecule has 1 saturated carbocycles. The van der Waals surface area contributed by atoms with Gasteiger partial charge >= 0.3 is 6.03 Å². The van der Waals surface area contributed by atoms with Gasteiger partial charge in [-0.05, 0) is 42.7 Å². The average molecular weight is 288 g/mol. The number of hydrogen-bond donors (Lipinski definition) is 3. The van der Waals surface area contributed by atoms with E-state index in [1.54, 1.807) is 0 Å². The molecule has 1 aromatic rings. The fraction of sp³-hybridized carbons (Fsp3) is 0.588. The Balaban J connectivity index is 1.62. The molecule has 0 aromatic heterocycles. The van der Waals surface area contributed by atoms with E-state index in [-0.39, 0.29) is 24.1 Å². The van der Waals surface area contributed by atoms with Crippen LogP contribution in [0.1, 0.15) is 43.4 Å². The van der Waals surface area contributed by atoms with E-state index in [1.807, 2.05) is 6.07 Å². The van der Waals surface area contributed by atoms with Crippen molar-refractivity contribution in [1.29, 1.82) is 0 Å². The van der Waals surface area contributed by atoms with E-state index < -0.39 is 0 Å². The maximum absolute atomic E-state index is 12.2. The molecule has 0 radical (unpaired) electrons. The van der Waals surface area contributed by atoms with Gasteiger partial charge in [0.2, 0.25) is 0 Å². The molecule has 2 amide bonds. The minimum atomic E-state index is -0.122. The van der Waals surface area contributed by atoms with Crippen molar-refractivity contribution in [3.8, 4) is 0 Å². The van der Waals surface area contributed by atoms with Gasteiger partial charge in [0.15, 0.2) is 0 Å². The highest BCUT2D eigenvalue weighted by atomic mass is 16.3. The van der Waals surface area contributed by atoms with Crippen LogP contribution in [-0.2, 0) is 6.42 Å². The van der Waals surface area contributed by atoms with Gasteiger partial charge in [-0.25, -0.2) is 4.79 Å². The number of rotatable bonds is 4. The summed E-state index contributed by atoms with van der Waals surface area (Å²) in [5, 5.41) is 15.3. The van der Waals surface area contributed by atoms with Crippen LogP contribution in [0.15, 0.2) is 24.3 Å². The molecule has 0 saturated heterocycles. The zero-order valence-electron chi connectivity index (χ0n) is 12.6. The second-order valence-electron chi connectivity index (χ2n) is 6.68. The predicted molar refractivity (Wildman–Crippen MR) is 82.0 cm³/mol. The van der Waals surface area contributed by atoms with Crippen molar-refractivity contribution in [1.82, 2.24) is 10.6 Å². The van der Waals surface area contributed by atoms with Gasteiger partial charge in [0.25, 0.3) is 0 Å². The van der Waals surface area contributed by atoms with Gasteiger partial charge < -0.3 is 15.7 Å². The van der Waals surface area contributed by atoms with Crippen LogP contribution >= 0.6 is 0 Å². The van der Waals surface area contributed by atoms with E-state index in [0.29, 0.717) is 12.5 Å². The van der Waals surface area contributed by atoms with Crippen LogP contribution in [0.25, 0.3) is 0 Å². The van der Waals surface area contributed by atoms with Gasteiger partial charge in [-0.3, -0.25) is 0 Å². The Labute approximate surface area is 125 Å². The van der Waals surface area contributed by atoms with Crippen LogP contribution in [0.2, 0.25) is 0 Å². The predicted octanol–water partition coefficient (Wildman–Crippen LogP) is 2.38. The van der Waals surface area contributed by atoms with Crippen molar-refractivity contribution in [3.05, 3.63) is 35.4 Å². The van der Waals surface area contributed by atoms with E-state index in [9.17, 15) is 9.90 Å². The summed E-state index contributed by atoms with van der Waals surface area (Å²) in [5.41, 5.74) is 2.54. The number of benzene rings is 1. The molecule has 1 fully saturated rings. The van der Waals surface area contributed by atoms with Gasteiger partial charge in [-0.1, -0.05) is 31.2 Å². The normalized spacial score (nSPS) is 25.8. The van der Waals surface area contributed by atoms with E-state index >= 15 is 0 Å². The number of urea groups is 1. The molecular formula is C17H24N2O2. The van der Waals surface area contributed by atoms with Gasteiger partial charge in [0.1, 0.15) is 0 Å². The number of nitrogens with one attached hydrogen (secondary N) is 2. The van der Waals surface area contributed by atoms with E-state index in [1.165, 1.54) is 11.1 Å². The quantitative estimate of drug-likeness (QED) is 0.796. The molecule has 1 aromatic carbocycles. The van der Waals surface area contributed by atoms with Crippen LogP contribution in [-0.4, -0.2) is 24.3 Å². The van der Waals surface area contributed by atoms with Crippen molar-refractivity contribution in [2.24, 2.45) is 11.3 Å². The van der Waals surface area contributed by atoms with Crippen LogP contribution in [0.5, 0.6) is 0 Å². The molecule has 2 unspecified atom stereocenters. The molecule has 2 aliphatic carbocycles. The van der Waals surface area contributed by atoms with Gasteiger partial charge in [0, 0.05) is 12.0 Å². The van der Waals surface area contributed by atoms with Crippen molar-refractivity contribution >= 4 is 6.03 Å². The van der Waals surface area contributed by atoms with Crippen LogP contribution in [0.4, 0.5) is 4.79 Å². The molecule has 0 aliphatic heterocycles. The Morgan fingerprint density at radius 3 is 2.86 bits per heavy atom. The lowest BCUT2D eigenvalue weighted by atomic mass is 9.81. The third kappa shape index (κ3) is 3.05. The molecule has 3 N–H and O–H groups in total. The first kappa shape index (κ1) is 14.4. The summed E-state index contributed by atoms with van der Waals surface area (Å²) in [6, 6.07) is 8.32. The van der Waals surface area contributed by atoms with E-state index in [4.69, 9.17) is 0 Å². The van der Waals surface area contributed by atoms with Crippen LogP contribution < -0.4 is 10.6 Å². The minimum Gasteiger partial charge on any atom is -0.396 e. The lowest BCUT2D eigenvalue weighted by Gasteiger charge is -2.32. The molecule has 2 atom stereocenters. The topological polar surface area (TPSA) is 61.4 Å². The summed E-state index contributed by atoms with van der Waals surface area (Å²) >= 11 is 0. The lowest BCUT2D eigenvalue weighted by molar-refractivity contribution is 0.200. The molecule has 0 bridgehead atoms. The molecule has 2 aliphatic rings. The number of fused-ring (bicyclic) bond motifs is 1. The Hall–Kier alpha value is -1.55. The fourth-order valence-electron chi connectivity index (χ4n) is 3.17. The Morgan fingerprint density at radius 2 is 2.14 bits per heavy atom. The first-order valence-electron chi connectivity index (χ1n) is 7.87. The highest BCUT2D eigenvalue weighted by Gasteiger charge is 2.42. The number of hydrogen-bond acceptors (Lipinski definition) is 2. The van der Waals surface area contributed by atoms with Crippen molar-refractivity contribution in [2.75, 3.05) is 13.2 Å². The third-order valence-corrected chi connectivity index (χ3v) is 5.03. The molecule has 0 heterocycles. The number of aliphatic hydroxyl groups is 1.